The molecule has 76 valence electrons. The van der Waals surface area contributed by atoms with E-state index >= 15 is 0 Å². The minimum Gasteiger partial charge on any atom is -0.466 e. The van der Waals surface area contributed by atoms with Crippen molar-refractivity contribution >= 4 is 11.9 Å². The van der Waals surface area contributed by atoms with Crippen LogP contribution in [-0.2, 0) is 14.3 Å². The Morgan fingerprint density at radius 1 is 1.54 bits per heavy atom. The summed E-state index contributed by atoms with van der Waals surface area (Å²) in [4.78, 5) is 21.4. The van der Waals surface area contributed by atoms with Gasteiger partial charge in [0.2, 0.25) is 5.91 Å². The van der Waals surface area contributed by atoms with Gasteiger partial charge >= 0.3 is 5.97 Å². The number of hydrogen-bond donors (Lipinski definition) is 2. The van der Waals surface area contributed by atoms with E-state index in [4.69, 9.17) is 5.73 Å². The molecule has 0 fully saturated rings. The number of esters is 1. The molecule has 0 aliphatic carbocycles. The quantitative estimate of drug-likeness (QED) is 0.545. The fourth-order valence-corrected chi connectivity index (χ4v) is 0.724. The molecule has 0 aromatic rings. The van der Waals surface area contributed by atoms with Gasteiger partial charge < -0.3 is 15.8 Å². The van der Waals surface area contributed by atoms with Crippen LogP contribution in [0, 0.1) is 0 Å². The number of carbonyl (C=O) groups is 2. The lowest BCUT2D eigenvalue weighted by molar-refractivity contribution is -0.143. The van der Waals surface area contributed by atoms with Crippen molar-refractivity contribution in [3.05, 3.63) is 0 Å². The van der Waals surface area contributed by atoms with E-state index in [1.165, 1.54) is 0 Å². The first-order chi connectivity index (χ1) is 6.07. The monoisotopic (exact) mass is 188 g/mol. The van der Waals surface area contributed by atoms with Crippen LogP contribution in [0.3, 0.4) is 0 Å². The highest BCUT2D eigenvalue weighted by Crippen LogP contribution is 1.86. The van der Waals surface area contributed by atoms with E-state index in [0.717, 1.165) is 0 Å². The highest BCUT2D eigenvalue weighted by atomic mass is 16.5. The lowest BCUT2D eigenvalue weighted by Gasteiger charge is -2.08. The van der Waals surface area contributed by atoms with Crippen LogP contribution in [-0.4, -0.2) is 31.1 Å². The fraction of sp³-hybridized carbons (Fsp3) is 0.750. The van der Waals surface area contributed by atoms with Crippen LogP contribution in [0.15, 0.2) is 0 Å². The van der Waals surface area contributed by atoms with Crippen molar-refractivity contribution in [1.82, 2.24) is 5.32 Å². The number of primary amides is 1. The molecule has 1 amide bonds. The van der Waals surface area contributed by atoms with Crippen LogP contribution in [0.2, 0.25) is 0 Å². The molecule has 3 N–H and O–H groups in total. The molecular formula is C8H16N2O3. The smallest absolute Gasteiger partial charge is 0.307 e. The summed E-state index contributed by atoms with van der Waals surface area (Å²) in [5.41, 5.74) is 4.99. The van der Waals surface area contributed by atoms with Gasteiger partial charge in [-0.1, -0.05) is 0 Å². The molecule has 0 saturated heterocycles. The molecule has 0 aromatic heterocycles. The van der Waals surface area contributed by atoms with Crippen molar-refractivity contribution in [3.63, 3.8) is 0 Å². The second kappa shape index (κ2) is 6.42. The Bertz CT molecular complexity index is 182. The maximum atomic E-state index is 10.8. The fourth-order valence-electron chi connectivity index (χ4n) is 0.724. The Morgan fingerprint density at radius 2 is 2.15 bits per heavy atom. The lowest BCUT2D eigenvalue weighted by Crippen LogP contribution is -2.39. The van der Waals surface area contributed by atoms with Crippen LogP contribution in [0.5, 0.6) is 0 Å². The normalized spacial score (nSPS) is 12.2. The van der Waals surface area contributed by atoms with E-state index in [2.05, 4.69) is 10.1 Å². The molecule has 0 saturated carbocycles. The summed E-state index contributed by atoms with van der Waals surface area (Å²) in [6.45, 7) is 4.18. The largest absolute Gasteiger partial charge is 0.466 e. The SMILES string of the molecule is CCOC(=O)CCNC(C)C(N)=O. The first-order valence-electron chi connectivity index (χ1n) is 4.26. The molecule has 5 heteroatoms. The van der Waals surface area contributed by atoms with E-state index in [0.29, 0.717) is 13.2 Å². The molecule has 5 nitrogen and oxygen atoms in total. The van der Waals surface area contributed by atoms with Crippen molar-refractivity contribution in [2.24, 2.45) is 5.73 Å². The number of rotatable bonds is 6. The summed E-state index contributed by atoms with van der Waals surface area (Å²) in [5.74, 6) is -0.699. The average molecular weight is 188 g/mol. The van der Waals surface area contributed by atoms with Crippen molar-refractivity contribution in [3.8, 4) is 0 Å². The molecular weight excluding hydrogens is 172 g/mol. The molecule has 0 aliphatic rings. The van der Waals surface area contributed by atoms with Crippen molar-refractivity contribution in [2.45, 2.75) is 26.3 Å². The Labute approximate surface area is 77.6 Å². The predicted octanol–water partition coefficient (Wildman–Crippen LogP) is -0.597. The van der Waals surface area contributed by atoms with Gasteiger partial charge in [-0.3, -0.25) is 9.59 Å². The van der Waals surface area contributed by atoms with Crippen LogP contribution >= 0.6 is 0 Å². The van der Waals surface area contributed by atoms with Gasteiger partial charge in [0.25, 0.3) is 0 Å². The van der Waals surface area contributed by atoms with E-state index in [-0.39, 0.29) is 12.4 Å². The number of carbonyl (C=O) groups excluding carboxylic acids is 2. The van der Waals surface area contributed by atoms with Crippen molar-refractivity contribution < 1.29 is 14.3 Å². The summed E-state index contributed by atoms with van der Waals surface area (Å²) in [5, 5.41) is 2.80. The Kier molecular flexibility index (Phi) is 5.88. The summed E-state index contributed by atoms with van der Waals surface area (Å²) in [6, 6.07) is -0.408. The standard InChI is InChI=1S/C8H16N2O3/c1-3-13-7(11)4-5-10-6(2)8(9)12/h6,10H,3-5H2,1-2H3,(H2,9,12). The van der Waals surface area contributed by atoms with Gasteiger partial charge in [-0.15, -0.1) is 0 Å². The molecule has 0 rings (SSSR count). The highest BCUT2D eigenvalue weighted by molar-refractivity contribution is 5.79. The van der Waals surface area contributed by atoms with Crippen LogP contribution in [0.1, 0.15) is 20.3 Å². The maximum Gasteiger partial charge on any atom is 0.307 e. The lowest BCUT2D eigenvalue weighted by atomic mass is 10.3. The van der Waals surface area contributed by atoms with Gasteiger partial charge in [0.15, 0.2) is 0 Å². The highest BCUT2D eigenvalue weighted by Gasteiger charge is 2.08. The predicted molar refractivity (Wildman–Crippen MR) is 47.9 cm³/mol. The molecule has 0 spiro atoms. The summed E-state index contributed by atoms with van der Waals surface area (Å²) < 4.78 is 4.69. The third-order valence-corrected chi connectivity index (χ3v) is 1.51. The van der Waals surface area contributed by atoms with Crippen molar-refractivity contribution in [1.29, 1.82) is 0 Å². The minimum atomic E-state index is -0.427. The Hall–Kier alpha value is -1.10. The number of nitrogens with two attached hydrogens (primary N) is 1. The zero-order valence-electron chi connectivity index (χ0n) is 8.00. The van der Waals surface area contributed by atoms with E-state index in [1.54, 1.807) is 13.8 Å². The third-order valence-electron chi connectivity index (χ3n) is 1.51. The second-order valence-corrected chi connectivity index (χ2v) is 2.63. The van der Waals surface area contributed by atoms with E-state index < -0.39 is 11.9 Å². The molecule has 1 unspecified atom stereocenters. The molecule has 0 heterocycles. The number of hydrogen-bond acceptors (Lipinski definition) is 4. The Morgan fingerprint density at radius 3 is 2.62 bits per heavy atom. The van der Waals surface area contributed by atoms with E-state index in [1.807, 2.05) is 0 Å². The summed E-state index contributed by atoms with van der Waals surface area (Å²) in [6.07, 6.45) is 0.255. The summed E-state index contributed by atoms with van der Waals surface area (Å²) in [7, 11) is 0. The summed E-state index contributed by atoms with van der Waals surface area (Å²) >= 11 is 0. The van der Waals surface area contributed by atoms with Gasteiger partial charge in [0.1, 0.15) is 0 Å². The van der Waals surface area contributed by atoms with Crippen LogP contribution < -0.4 is 11.1 Å². The Balaban J connectivity index is 3.44. The topological polar surface area (TPSA) is 81.4 Å². The molecule has 0 bridgehead atoms. The van der Waals surface area contributed by atoms with Gasteiger partial charge in [-0.25, -0.2) is 0 Å². The average Bonchev–Trinajstić information content (AvgIpc) is 2.04. The zero-order valence-corrected chi connectivity index (χ0v) is 8.00. The van der Waals surface area contributed by atoms with Gasteiger partial charge in [-0.2, -0.15) is 0 Å². The van der Waals surface area contributed by atoms with Crippen molar-refractivity contribution in [2.75, 3.05) is 13.2 Å². The maximum absolute atomic E-state index is 10.8. The van der Waals surface area contributed by atoms with Gasteiger partial charge in [-0.05, 0) is 13.8 Å². The first kappa shape index (κ1) is 11.9. The molecule has 0 radical (unpaired) electrons. The zero-order chi connectivity index (χ0) is 10.3. The number of ether oxygens (including phenoxy) is 1. The first-order valence-corrected chi connectivity index (χ1v) is 4.26. The molecule has 1 atom stereocenters. The minimum absolute atomic E-state index is 0.255. The van der Waals surface area contributed by atoms with Crippen LogP contribution in [0.4, 0.5) is 0 Å². The van der Waals surface area contributed by atoms with Crippen LogP contribution in [0.25, 0.3) is 0 Å². The van der Waals surface area contributed by atoms with E-state index in [9.17, 15) is 9.59 Å². The van der Waals surface area contributed by atoms with Gasteiger partial charge in [0.05, 0.1) is 19.1 Å². The van der Waals surface area contributed by atoms with Gasteiger partial charge in [0, 0.05) is 6.54 Å². The number of nitrogens with one attached hydrogen (secondary N) is 1. The molecule has 0 aliphatic heterocycles. The third kappa shape index (κ3) is 6.10. The number of amides is 1. The second-order valence-electron chi connectivity index (χ2n) is 2.63. The molecule has 0 aromatic carbocycles. The molecule has 13 heavy (non-hydrogen) atoms.